The Morgan fingerprint density at radius 2 is 1.82 bits per heavy atom. The predicted octanol–water partition coefficient (Wildman–Crippen LogP) is 5.69. The first-order chi connectivity index (χ1) is 8.51. The summed E-state index contributed by atoms with van der Waals surface area (Å²) >= 11 is 9.82. The van der Waals surface area contributed by atoms with E-state index in [0.29, 0.717) is 1.93 Å². The fourth-order valence-electron chi connectivity index (χ4n) is 1.95. The molecule has 0 nitrogen and oxygen atoms in total. The van der Waals surface area contributed by atoms with E-state index in [2.05, 4.69) is 103 Å². The van der Waals surface area contributed by atoms with Gasteiger partial charge in [-0.2, -0.15) is 0 Å². The summed E-state index contributed by atoms with van der Waals surface area (Å²) in [7, 11) is 0. The monoisotopic (exact) mass is 681 g/mol. The van der Waals surface area contributed by atoms with Crippen LogP contribution in [0.25, 0.3) is 0 Å². The molecule has 0 saturated heterocycles. The molecule has 0 bridgehead atoms. The average molecular weight is 681 g/mol. The van der Waals surface area contributed by atoms with Crippen molar-refractivity contribution in [3.05, 3.63) is 34.4 Å². The van der Waals surface area contributed by atoms with Crippen LogP contribution in [0.5, 0.6) is 0 Å². The Balaban J connectivity index is 3.30. The molecule has 0 aliphatic rings. The summed E-state index contributed by atoms with van der Waals surface area (Å²) < 4.78 is 11.1. The first-order valence-electron chi connectivity index (χ1n) is 6.02. The number of aryl methyl sites for hydroxylation is 1. The molecule has 0 spiro atoms. The molecule has 0 aromatic heterocycles. The summed E-state index contributed by atoms with van der Waals surface area (Å²) in [6, 6.07) is 3.01. The molecule has 17 heavy (non-hydrogen) atoms. The van der Waals surface area contributed by atoms with Crippen molar-refractivity contribution in [2.24, 2.45) is 0 Å². The van der Waals surface area contributed by atoms with E-state index < -0.39 is 0 Å². The largest absolute Gasteiger partial charge is 0.0860 e. The van der Waals surface area contributed by atoms with Crippen LogP contribution in [-0.2, 0) is 19.3 Å². The number of halogens is 4. The molecular formula is C13H16I4. The molecule has 1 aromatic carbocycles. The van der Waals surface area contributed by atoms with Crippen molar-refractivity contribution in [3.63, 3.8) is 0 Å². The maximum atomic E-state index is 8.29. The van der Waals surface area contributed by atoms with Crippen molar-refractivity contribution in [1.82, 2.24) is 0 Å². The quantitative estimate of drug-likeness (QED) is 0.268. The second-order valence-electron chi connectivity index (χ2n) is 3.91. The standard InChI is InChI=1S/C13H16I4/c1-9-6-10(2-4-14)12(3-5-15)11(7-9)8-13(16)17/h6-7,13H,2-5,8H2,1H3/i6D. The molecule has 0 aliphatic carbocycles. The van der Waals surface area contributed by atoms with Gasteiger partial charge in [-0.05, 0) is 42.9 Å². The molecule has 0 aliphatic heterocycles. The lowest BCUT2D eigenvalue weighted by atomic mass is 9.93. The third kappa shape index (κ3) is 5.97. The number of hydrogen-bond acceptors (Lipinski definition) is 0. The number of rotatable bonds is 6. The second-order valence-corrected chi connectivity index (χ2v) is 11.5. The minimum atomic E-state index is 0.622. The molecular weight excluding hydrogens is 664 g/mol. The molecule has 0 N–H and O–H groups in total. The average Bonchev–Trinajstić information content (AvgIpc) is 2.29. The topological polar surface area (TPSA) is 0 Å². The Kier molecular flexibility index (Phi) is 8.35. The van der Waals surface area contributed by atoms with Crippen molar-refractivity contribution >= 4 is 90.4 Å². The summed E-state index contributed by atoms with van der Waals surface area (Å²) in [5.74, 6) is 0. The highest BCUT2D eigenvalue weighted by molar-refractivity contribution is 14.2. The maximum absolute atomic E-state index is 8.29. The highest BCUT2D eigenvalue weighted by Crippen LogP contribution is 2.25. The summed E-state index contributed by atoms with van der Waals surface area (Å²) in [5.41, 5.74) is 5.35. The van der Waals surface area contributed by atoms with Gasteiger partial charge in [-0.3, -0.25) is 0 Å². The summed E-state index contributed by atoms with van der Waals surface area (Å²) in [4.78, 5) is 0. The lowest BCUT2D eigenvalue weighted by Gasteiger charge is -2.16. The maximum Gasteiger partial charge on any atom is 0.0666 e. The molecule has 0 atom stereocenters. The highest BCUT2D eigenvalue weighted by Gasteiger charge is 2.11. The molecule has 96 valence electrons. The van der Waals surface area contributed by atoms with Gasteiger partial charge in [0.05, 0.1) is 3.30 Å². The van der Waals surface area contributed by atoms with Gasteiger partial charge in [-0.1, -0.05) is 108 Å². The van der Waals surface area contributed by atoms with Crippen LogP contribution in [0.3, 0.4) is 0 Å². The molecule has 0 saturated carbocycles. The van der Waals surface area contributed by atoms with Crippen molar-refractivity contribution in [2.75, 3.05) is 8.86 Å². The van der Waals surface area contributed by atoms with E-state index in [4.69, 9.17) is 1.37 Å². The lowest BCUT2D eigenvalue weighted by Crippen LogP contribution is -2.06. The summed E-state index contributed by atoms with van der Waals surface area (Å²) in [5, 5.41) is 0. The SMILES string of the molecule is [2H]c1c(C)cc(CC(I)I)c(CCI)c1CCI. The number of hydrogen-bond donors (Lipinski definition) is 0. The molecule has 1 rings (SSSR count). The van der Waals surface area contributed by atoms with Gasteiger partial charge in [0.1, 0.15) is 0 Å². The molecule has 0 amide bonds. The van der Waals surface area contributed by atoms with E-state index >= 15 is 0 Å². The van der Waals surface area contributed by atoms with E-state index in [0.717, 1.165) is 39.7 Å². The van der Waals surface area contributed by atoms with Gasteiger partial charge in [0.15, 0.2) is 0 Å². The van der Waals surface area contributed by atoms with Crippen molar-refractivity contribution in [3.8, 4) is 0 Å². The van der Waals surface area contributed by atoms with Gasteiger partial charge < -0.3 is 0 Å². The van der Waals surface area contributed by atoms with Gasteiger partial charge in [-0.15, -0.1) is 0 Å². The Morgan fingerprint density at radius 3 is 2.35 bits per heavy atom. The molecule has 1 aromatic rings. The fourth-order valence-corrected chi connectivity index (χ4v) is 3.98. The van der Waals surface area contributed by atoms with Crippen molar-refractivity contribution < 1.29 is 1.37 Å². The van der Waals surface area contributed by atoms with Gasteiger partial charge in [0.25, 0.3) is 0 Å². The molecule has 0 heterocycles. The lowest BCUT2D eigenvalue weighted by molar-refractivity contribution is 0.999. The van der Waals surface area contributed by atoms with Crippen LogP contribution in [0.2, 0.25) is 0 Å². The van der Waals surface area contributed by atoms with E-state index in [1.807, 2.05) is 0 Å². The van der Waals surface area contributed by atoms with Crippen LogP contribution >= 0.6 is 90.4 Å². The zero-order valence-corrected chi connectivity index (χ0v) is 18.3. The van der Waals surface area contributed by atoms with Gasteiger partial charge in [0.2, 0.25) is 0 Å². The number of alkyl halides is 4. The molecule has 4 heteroatoms. The minimum absolute atomic E-state index is 0.622. The molecule has 0 fully saturated rings. The minimum Gasteiger partial charge on any atom is -0.0860 e. The zero-order valence-electron chi connectivity index (χ0n) is 10.7. The first kappa shape index (κ1) is 15.5. The van der Waals surface area contributed by atoms with Crippen molar-refractivity contribution in [2.45, 2.75) is 28.1 Å². The van der Waals surface area contributed by atoms with Gasteiger partial charge >= 0.3 is 0 Å². The Hall–Kier alpha value is 2.14. The highest BCUT2D eigenvalue weighted by atomic mass is 127. The third-order valence-corrected chi connectivity index (χ3v) is 4.51. The van der Waals surface area contributed by atoms with Gasteiger partial charge in [-0.25, -0.2) is 0 Å². The fraction of sp³-hybridized carbons (Fsp3) is 0.538. The van der Waals surface area contributed by atoms with E-state index in [9.17, 15) is 0 Å². The summed E-state index contributed by atoms with van der Waals surface area (Å²) in [6.07, 6.45) is 3.25. The molecule has 0 unspecified atom stereocenters. The van der Waals surface area contributed by atoms with Gasteiger partial charge in [0, 0.05) is 8.86 Å². The van der Waals surface area contributed by atoms with Crippen molar-refractivity contribution in [1.29, 1.82) is 0 Å². The Morgan fingerprint density at radius 1 is 1.18 bits per heavy atom. The number of benzene rings is 1. The first-order valence-corrected chi connectivity index (χ1v) is 11.1. The van der Waals surface area contributed by atoms with Crippen LogP contribution < -0.4 is 0 Å². The van der Waals surface area contributed by atoms with Crippen LogP contribution in [0.4, 0.5) is 0 Å². The van der Waals surface area contributed by atoms with E-state index in [1.165, 1.54) is 16.7 Å². The van der Waals surface area contributed by atoms with Crippen LogP contribution in [0, 0.1) is 6.92 Å². The Bertz CT molecular complexity index is 404. The normalized spacial score (nSPS) is 12.0. The van der Waals surface area contributed by atoms with E-state index in [1.54, 1.807) is 0 Å². The van der Waals surface area contributed by atoms with E-state index in [-0.39, 0.29) is 0 Å². The second kappa shape index (κ2) is 9.15. The third-order valence-electron chi connectivity index (χ3n) is 2.55. The summed E-state index contributed by atoms with van der Waals surface area (Å²) in [6.45, 7) is 2.08. The van der Waals surface area contributed by atoms with Crippen LogP contribution in [0.15, 0.2) is 12.1 Å². The smallest absolute Gasteiger partial charge is 0.0666 e. The predicted molar refractivity (Wildman–Crippen MR) is 112 cm³/mol. The van der Waals surface area contributed by atoms with Crippen LogP contribution in [0.1, 0.15) is 23.6 Å². The molecule has 0 radical (unpaired) electrons. The Labute approximate surface area is 160 Å². The zero-order chi connectivity index (χ0) is 13.7. The van der Waals surface area contributed by atoms with Crippen LogP contribution in [-0.4, -0.2) is 10.8 Å².